The Morgan fingerprint density at radius 2 is 1.36 bits per heavy atom. The van der Waals surface area contributed by atoms with Crippen LogP contribution in [0.1, 0.15) is 56.3 Å². The first-order chi connectivity index (χ1) is 23.8. The fraction of sp³-hybridized carbons (Fsp3) is 0.182. The summed E-state index contributed by atoms with van der Waals surface area (Å²) in [6.45, 7) is 13.3. The average molecular weight is 834 g/mol. The molecule has 3 heterocycles. The Kier molecular flexibility index (Phi) is 8.96. The van der Waals surface area contributed by atoms with Crippen molar-refractivity contribution < 1.29 is 21.1 Å². The molecule has 0 amide bonds. The maximum Gasteiger partial charge on any atom is 0.188 e. The van der Waals surface area contributed by atoms with Gasteiger partial charge < -0.3 is 9.47 Å². The molecule has 5 nitrogen and oxygen atoms in total. The van der Waals surface area contributed by atoms with Crippen molar-refractivity contribution in [3.63, 3.8) is 0 Å². The molecule has 0 aliphatic heterocycles. The zero-order chi connectivity index (χ0) is 33.8. The number of anilines is 3. The summed E-state index contributed by atoms with van der Waals surface area (Å²) in [7, 11) is 0. The van der Waals surface area contributed by atoms with Gasteiger partial charge in [0.1, 0.15) is 5.82 Å². The smallest absolute Gasteiger partial charge is 0.188 e. The van der Waals surface area contributed by atoms with E-state index in [0.29, 0.717) is 12.0 Å². The van der Waals surface area contributed by atoms with E-state index in [4.69, 9.17) is 4.98 Å². The molecule has 0 saturated heterocycles. The fourth-order valence-corrected chi connectivity index (χ4v) is 7.15. The molecule has 0 aliphatic rings. The SMILES string of the molecule is Cc1cccc(C)c1N(c1[c-]c(-n2[cH+]n(C(C)C)c3ccccc32)ccc1)c1[c-]c2c(cc1)c1ccccc1n2-c1cc(C(C)C)ccn1.[Pt]. The zero-order valence-corrected chi connectivity index (χ0v) is 31.5. The largest absolute Gasteiger partial charge is 0.357 e. The van der Waals surface area contributed by atoms with Crippen molar-refractivity contribution in [1.82, 2.24) is 18.7 Å². The maximum absolute atomic E-state index is 4.89. The van der Waals surface area contributed by atoms with Gasteiger partial charge in [0, 0.05) is 56.3 Å². The second kappa shape index (κ2) is 13.4. The number of para-hydroxylation sites is 4. The molecule has 0 bridgehead atoms. The predicted octanol–water partition coefficient (Wildman–Crippen LogP) is 11.6. The Bertz CT molecular complexity index is 2480. The van der Waals surface area contributed by atoms with Gasteiger partial charge in [-0.25, -0.2) is 14.1 Å². The zero-order valence-electron chi connectivity index (χ0n) is 29.3. The summed E-state index contributed by atoms with van der Waals surface area (Å²) < 4.78 is 6.83. The molecule has 0 fully saturated rings. The van der Waals surface area contributed by atoms with Gasteiger partial charge in [-0.3, -0.25) is 0 Å². The van der Waals surface area contributed by atoms with Crippen LogP contribution >= 0.6 is 0 Å². The van der Waals surface area contributed by atoms with Gasteiger partial charge in [0.15, 0.2) is 17.4 Å². The first kappa shape index (κ1) is 33.5. The van der Waals surface area contributed by atoms with Gasteiger partial charge in [-0.05, 0) is 86.0 Å². The van der Waals surface area contributed by atoms with Gasteiger partial charge in [-0.2, -0.15) is 12.1 Å². The molecule has 8 rings (SSSR count). The van der Waals surface area contributed by atoms with Crippen LogP contribution in [0.3, 0.4) is 0 Å². The molecule has 8 aromatic rings. The summed E-state index contributed by atoms with van der Waals surface area (Å²) in [5, 5.41) is 2.33. The van der Waals surface area contributed by atoms with Crippen LogP contribution in [-0.2, 0) is 21.1 Å². The van der Waals surface area contributed by atoms with Crippen LogP contribution in [0.15, 0.2) is 122 Å². The number of aromatic nitrogens is 4. The Labute approximate surface area is 308 Å². The summed E-state index contributed by atoms with van der Waals surface area (Å²) in [6, 6.07) is 46.9. The van der Waals surface area contributed by atoms with E-state index in [9.17, 15) is 0 Å². The Balaban J connectivity index is 0.00000392. The van der Waals surface area contributed by atoms with Gasteiger partial charge in [0.25, 0.3) is 0 Å². The Hall–Kier alpha value is -4.99. The molecule has 5 aromatic carbocycles. The predicted molar refractivity (Wildman–Crippen MR) is 204 cm³/mol. The first-order valence-electron chi connectivity index (χ1n) is 17.1. The molecular weight excluding hydrogens is 794 g/mol. The standard InChI is InChI=1S/C44H40N5.Pt/c1-29(2)33-23-24-45-43(25-33)49-39-18-8-7-17-37(39)38-22-21-36(27-42(38)49)48(44-31(5)13-11-14-32(44)6)35-16-12-15-34(26-35)47-28-46(30(3)4)40-19-9-10-20-41(40)47;/h7-25,28-30H,1-6H3;/q-1;. The quantitative estimate of drug-likeness (QED) is 0.150. The third kappa shape index (κ3) is 5.64. The van der Waals surface area contributed by atoms with Crippen molar-refractivity contribution >= 4 is 49.9 Å². The van der Waals surface area contributed by atoms with Crippen molar-refractivity contribution in [3.8, 4) is 11.5 Å². The van der Waals surface area contributed by atoms with Gasteiger partial charge in [-0.1, -0.05) is 73.2 Å². The molecule has 3 aromatic heterocycles. The van der Waals surface area contributed by atoms with Crippen molar-refractivity contribution in [3.05, 3.63) is 151 Å². The number of hydrogen-bond acceptors (Lipinski definition) is 2. The summed E-state index contributed by atoms with van der Waals surface area (Å²) in [6.07, 6.45) is 4.12. The van der Waals surface area contributed by atoms with Gasteiger partial charge in [0.05, 0.1) is 6.04 Å². The molecule has 0 aliphatic carbocycles. The summed E-state index contributed by atoms with van der Waals surface area (Å²) in [4.78, 5) is 7.20. The molecule has 50 heavy (non-hydrogen) atoms. The second-order valence-electron chi connectivity index (χ2n) is 13.5. The van der Waals surface area contributed by atoms with Crippen LogP contribution in [0.4, 0.5) is 17.1 Å². The third-order valence-corrected chi connectivity index (χ3v) is 9.62. The van der Waals surface area contributed by atoms with Crippen LogP contribution in [0.2, 0.25) is 0 Å². The third-order valence-electron chi connectivity index (χ3n) is 9.62. The maximum atomic E-state index is 4.89. The van der Waals surface area contributed by atoms with E-state index < -0.39 is 0 Å². The molecule has 252 valence electrons. The fourth-order valence-electron chi connectivity index (χ4n) is 7.15. The van der Waals surface area contributed by atoms with Crippen molar-refractivity contribution in [2.24, 2.45) is 0 Å². The van der Waals surface area contributed by atoms with Crippen LogP contribution in [0.5, 0.6) is 0 Å². The van der Waals surface area contributed by atoms with Crippen molar-refractivity contribution in [2.75, 3.05) is 4.90 Å². The number of nitrogens with zero attached hydrogens (tertiary/aromatic N) is 5. The minimum Gasteiger partial charge on any atom is -0.357 e. The monoisotopic (exact) mass is 833 g/mol. The number of pyridine rings is 1. The number of aryl methyl sites for hydroxylation is 2. The number of rotatable bonds is 7. The number of fused-ring (bicyclic) bond motifs is 4. The van der Waals surface area contributed by atoms with E-state index in [1.165, 1.54) is 27.6 Å². The minimum absolute atomic E-state index is 0. The van der Waals surface area contributed by atoms with E-state index in [-0.39, 0.29) is 21.1 Å². The normalized spacial score (nSPS) is 11.6. The minimum atomic E-state index is 0. The topological polar surface area (TPSA) is 30.9 Å². The van der Waals surface area contributed by atoms with Crippen molar-refractivity contribution in [1.29, 1.82) is 0 Å². The van der Waals surface area contributed by atoms with Gasteiger partial charge >= 0.3 is 0 Å². The van der Waals surface area contributed by atoms with Crippen molar-refractivity contribution in [2.45, 2.75) is 53.5 Å². The molecule has 0 saturated carbocycles. The summed E-state index contributed by atoms with van der Waals surface area (Å²) in [5.74, 6) is 1.29. The second-order valence-corrected chi connectivity index (χ2v) is 13.5. The molecule has 0 N–H and O–H groups in total. The van der Waals surface area contributed by atoms with E-state index in [1.54, 1.807) is 0 Å². The molecule has 0 spiro atoms. The van der Waals surface area contributed by atoms with E-state index in [1.807, 2.05) is 6.20 Å². The number of benzene rings is 5. The van der Waals surface area contributed by atoms with Crippen LogP contribution in [0.25, 0.3) is 44.3 Å². The molecular formula is C44H40N5Pt-. The van der Waals surface area contributed by atoms with Gasteiger partial charge in [0.2, 0.25) is 0 Å². The number of hydrogen-bond donors (Lipinski definition) is 0. The molecule has 0 unspecified atom stereocenters. The Morgan fingerprint density at radius 1 is 0.680 bits per heavy atom. The molecule has 0 radical (unpaired) electrons. The Morgan fingerprint density at radius 3 is 2.10 bits per heavy atom. The average Bonchev–Trinajstić information content (AvgIpc) is 3.66. The van der Waals surface area contributed by atoms with Gasteiger partial charge in [-0.15, -0.1) is 29.7 Å². The summed E-state index contributed by atoms with van der Waals surface area (Å²) in [5.41, 5.74) is 12.1. The van der Waals surface area contributed by atoms with Crippen LogP contribution < -0.4 is 4.90 Å². The van der Waals surface area contributed by atoms with E-state index >= 15 is 0 Å². The van der Waals surface area contributed by atoms with Crippen LogP contribution in [-0.4, -0.2) is 18.7 Å². The molecule has 6 heteroatoms. The van der Waals surface area contributed by atoms with E-state index in [2.05, 4.69) is 188 Å². The first-order valence-corrected chi connectivity index (χ1v) is 17.1. The summed E-state index contributed by atoms with van der Waals surface area (Å²) >= 11 is 0. The van der Waals surface area contributed by atoms with E-state index in [0.717, 1.165) is 50.5 Å². The van der Waals surface area contributed by atoms with Crippen LogP contribution in [0, 0.1) is 26.0 Å². The molecule has 0 atom stereocenters. The number of imidazole rings is 1.